The van der Waals surface area contributed by atoms with Crippen LogP contribution in [-0.2, 0) is 34.1 Å². The Morgan fingerprint density at radius 2 is 1.39 bits per heavy atom. The van der Waals surface area contributed by atoms with Gasteiger partial charge in [-0.3, -0.25) is 4.79 Å². The number of carbonyl (C=O) groups excluding carboxylic acids is 1. The van der Waals surface area contributed by atoms with Gasteiger partial charge in [0, 0.05) is 18.7 Å². The molecule has 162 valence electrons. The lowest BCUT2D eigenvalue weighted by molar-refractivity contribution is -0.116. The van der Waals surface area contributed by atoms with Gasteiger partial charge in [0.05, 0.1) is 4.90 Å². The highest BCUT2D eigenvalue weighted by molar-refractivity contribution is 7.89. The number of benzene rings is 3. The predicted octanol–water partition coefficient (Wildman–Crippen LogP) is 4.34. The maximum absolute atomic E-state index is 12.5. The monoisotopic (exact) mass is 436 g/mol. The second-order valence-electron chi connectivity index (χ2n) is 7.38. The lowest BCUT2D eigenvalue weighted by Crippen LogP contribution is -2.26. The highest BCUT2D eigenvalue weighted by Crippen LogP contribution is 2.14. The van der Waals surface area contributed by atoms with Crippen molar-refractivity contribution in [2.24, 2.45) is 0 Å². The average Bonchev–Trinajstić information content (AvgIpc) is 2.79. The zero-order valence-electron chi connectivity index (χ0n) is 17.7. The zero-order chi connectivity index (χ0) is 22.1. The Balaban J connectivity index is 1.47. The summed E-state index contributed by atoms with van der Waals surface area (Å²) in [5.74, 6) is -0.0662. The molecule has 0 unspecified atom stereocenters. The molecule has 2 N–H and O–H groups in total. The van der Waals surface area contributed by atoms with Crippen LogP contribution in [0.15, 0.2) is 83.8 Å². The van der Waals surface area contributed by atoms with E-state index in [1.807, 2.05) is 54.6 Å². The van der Waals surface area contributed by atoms with E-state index in [-0.39, 0.29) is 10.8 Å². The molecular weight excluding hydrogens is 408 g/mol. The number of nitrogens with one attached hydrogen (secondary N) is 2. The fourth-order valence-corrected chi connectivity index (χ4v) is 4.23. The van der Waals surface area contributed by atoms with Crippen molar-refractivity contribution >= 4 is 21.6 Å². The molecular formula is C25H28N2O3S. The van der Waals surface area contributed by atoms with E-state index in [9.17, 15) is 13.2 Å². The third-order valence-electron chi connectivity index (χ3n) is 5.07. The van der Waals surface area contributed by atoms with Crippen molar-refractivity contribution in [2.45, 2.75) is 37.5 Å². The molecule has 3 rings (SSSR count). The Hall–Kier alpha value is -2.96. The van der Waals surface area contributed by atoms with Gasteiger partial charge in [-0.1, -0.05) is 61.5 Å². The molecule has 0 bridgehead atoms. The predicted molar refractivity (Wildman–Crippen MR) is 125 cm³/mol. The summed E-state index contributed by atoms with van der Waals surface area (Å²) < 4.78 is 27.6. The number of hydrogen-bond donors (Lipinski definition) is 2. The van der Waals surface area contributed by atoms with E-state index < -0.39 is 10.0 Å². The molecule has 0 atom stereocenters. The molecule has 0 saturated carbocycles. The summed E-state index contributed by atoms with van der Waals surface area (Å²) in [6.45, 7) is 2.43. The minimum Gasteiger partial charge on any atom is -0.326 e. The first-order valence-electron chi connectivity index (χ1n) is 10.5. The first-order valence-corrected chi connectivity index (χ1v) is 12.0. The standard InChI is InChI=1S/C25H28N2O3S/c1-2-20-8-13-23(14-9-20)27-25(28)17-12-22-10-15-24(16-11-22)31(29,30)26-19-18-21-6-4-3-5-7-21/h3-11,13-16,26H,2,12,17-19H2,1H3,(H,27,28). The van der Waals surface area contributed by atoms with E-state index in [0.29, 0.717) is 25.8 Å². The zero-order valence-corrected chi connectivity index (χ0v) is 18.5. The van der Waals surface area contributed by atoms with Gasteiger partial charge in [-0.2, -0.15) is 0 Å². The second-order valence-corrected chi connectivity index (χ2v) is 9.14. The summed E-state index contributed by atoms with van der Waals surface area (Å²) in [7, 11) is -3.55. The average molecular weight is 437 g/mol. The first kappa shape index (κ1) is 22.7. The van der Waals surface area contributed by atoms with Gasteiger partial charge < -0.3 is 5.32 Å². The van der Waals surface area contributed by atoms with Crippen molar-refractivity contribution in [3.8, 4) is 0 Å². The normalized spacial score (nSPS) is 11.3. The lowest BCUT2D eigenvalue weighted by Gasteiger charge is -2.09. The number of carbonyl (C=O) groups is 1. The van der Waals surface area contributed by atoms with E-state index in [4.69, 9.17) is 0 Å². The first-order chi connectivity index (χ1) is 15.0. The van der Waals surface area contributed by atoms with Crippen LogP contribution in [0.3, 0.4) is 0 Å². The molecule has 1 amide bonds. The van der Waals surface area contributed by atoms with Crippen molar-refractivity contribution < 1.29 is 13.2 Å². The number of amides is 1. The van der Waals surface area contributed by atoms with Gasteiger partial charge in [0.2, 0.25) is 15.9 Å². The lowest BCUT2D eigenvalue weighted by atomic mass is 10.1. The van der Waals surface area contributed by atoms with Gasteiger partial charge in [0.25, 0.3) is 0 Å². The molecule has 0 aliphatic carbocycles. The van der Waals surface area contributed by atoms with Crippen molar-refractivity contribution in [1.29, 1.82) is 0 Å². The summed E-state index contributed by atoms with van der Waals surface area (Å²) in [5.41, 5.74) is 4.01. The molecule has 0 spiro atoms. The number of anilines is 1. The van der Waals surface area contributed by atoms with Gasteiger partial charge in [-0.05, 0) is 60.2 Å². The number of aryl methyl sites for hydroxylation is 2. The molecule has 0 aromatic heterocycles. The fourth-order valence-electron chi connectivity index (χ4n) is 3.20. The maximum atomic E-state index is 12.5. The number of rotatable bonds is 10. The van der Waals surface area contributed by atoms with Crippen molar-refractivity contribution in [3.63, 3.8) is 0 Å². The minimum atomic E-state index is -3.55. The van der Waals surface area contributed by atoms with E-state index in [0.717, 1.165) is 23.2 Å². The van der Waals surface area contributed by atoms with Crippen LogP contribution in [0.1, 0.15) is 30.0 Å². The molecule has 3 aromatic rings. The van der Waals surface area contributed by atoms with Gasteiger partial charge in [-0.25, -0.2) is 13.1 Å². The Labute approximate surface area is 184 Å². The van der Waals surface area contributed by atoms with Crippen LogP contribution >= 0.6 is 0 Å². The molecule has 3 aromatic carbocycles. The molecule has 5 nitrogen and oxygen atoms in total. The smallest absolute Gasteiger partial charge is 0.240 e. The Morgan fingerprint density at radius 1 is 0.774 bits per heavy atom. The molecule has 31 heavy (non-hydrogen) atoms. The van der Waals surface area contributed by atoms with E-state index in [1.54, 1.807) is 24.3 Å². The van der Waals surface area contributed by atoms with Crippen LogP contribution < -0.4 is 10.0 Å². The fraction of sp³-hybridized carbons (Fsp3) is 0.240. The summed E-state index contributed by atoms with van der Waals surface area (Å²) in [6.07, 6.45) is 2.47. The molecule has 0 aliphatic heterocycles. The van der Waals surface area contributed by atoms with Gasteiger partial charge in [-0.15, -0.1) is 0 Å². The quantitative estimate of drug-likeness (QED) is 0.496. The highest BCUT2D eigenvalue weighted by atomic mass is 32.2. The Morgan fingerprint density at radius 3 is 2.03 bits per heavy atom. The van der Waals surface area contributed by atoms with Crippen molar-refractivity contribution in [1.82, 2.24) is 4.72 Å². The molecule has 0 radical (unpaired) electrons. The van der Waals surface area contributed by atoms with Crippen LogP contribution in [0.5, 0.6) is 0 Å². The van der Waals surface area contributed by atoms with Crippen LogP contribution in [0.4, 0.5) is 5.69 Å². The van der Waals surface area contributed by atoms with Crippen molar-refractivity contribution in [2.75, 3.05) is 11.9 Å². The molecule has 0 heterocycles. The summed E-state index contributed by atoms with van der Waals surface area (Å²) in [5, 5.41) is 2.89. The number of hydrogen-bond acceptors (Lipinski definition) is 3. The SMILES string of the molecule is CCc1ccc(NC(=O)CCc2ccc(S(=O)(=O)NCCc3ccccc3)cc2)cc1. The summed E-state index contributed by atoms with van der Waals surface area (Å²) in [4.78, 5) is 12.4. The van der Waals surface area contributed by atoms with Crippen LogP contribution in [0, 0.1) is 0 Å². The Bertz CT molecular complexity index is 1080. The van der Waals surface area contributed by atoms with Gasteiger partial charge in [0.15, 0.2) is 0 Å². The topological polar surface area (TPSA) is 75.3 Å². The minimum absolute atomic E-state index is 0.0662. The summed E-state index contributed by atoms with van der Waals surface area (Å²) >= 11 is 0. The molecule has 0 fully saturated rings. The van der Waals surface area contributed by atoms with Crippen LogP contribution in [-0.4, -0.2) is 20.9 Å². The maximum Gasteiger partial charge on any atom is 0.240 e. The van der Waals surface area contributed by atoms with Gasteiger partial charge in [0.1, 0.15) is 0 Å². The Kier molecular flexibility index (Phi) is 7.98. The van der Waals surface area contributed by atoms with Gasteiger partial charge >= 0.3 is 0 Å². The summed E-state index contributed by atoms with van der Waals surface area (Å²) in [6, 6.07) is 24.2. The van der Waals surface area contributed by atoms with E-state index in [1.165, 1.54) is 5.56 Å². The number of sulfonamides is 1. The second kappa shape index (κ2) is 10.9. The van der Waals surface area contributed by atoms with Crippen molar-refractivity contribution in [3.05, 3.63) is 95.6 Å². The van der Waals surface area contributed by atoms with E-state index >= 15 is 0 Å². The molecule has 6 heteroatoms. The third-order valence-corrected chi connectivity index (χ3v) is 6.55. The third kappa shape index (κ3) is 7.05. The van der Waals surface area contributed by atoms with E-state index in [2.05, 4.69) is 17.0 Å². The highest BCUT2D eigenvalue weighted by Gasteiger charge is 2.13. The molecule has 0 saturated heterocycles. The van der Waals surface area contributed by atoms with Crippen LogP contribution in [0.25, 0.3) is 0 Å². The van der Waals surface area contributed by atoms with Crippen LogP contribution in [0.2, 0.25) is 0 Å². The largest absolute Gasteiger partial charge is 0.326 e. The molecule has 0 aliphatic rings.